The molecule has 4 nitrogen and oxygen atoms in total. The van der Waals surface area contributed by atoms with E-state index in [9.17, 15) is 4.79 Å². The number of hydrogen-bond donors (Lipinski definition) is 1. The minimum absolute atomic E-state index is 0.0159. The Morgan fingerprint density at radius 3 is 2.90 bits per heavy atom. The fourth-order valence-electron chi connectivity index (χ4n) is 2.99. The average Bonchev–Trinajstić information content (AvgIpc) is 2.63. The Balaban J connectivity index is 2.29. The highest BCUT2D eigenvalue weighted by Crippen LogP contribution is 2.31. The topological polar surface area (TPSA) is 55.6 Å². The van der Waals surface area contributed by atoms with Crippen LogP contribution in [-0.2, 0) is 4.79 Å². The smallest absolute Gasteiger partial charge is 0.223 e. The molecule has 0 saturated carbocycles. The lowest BCUT2D eigenvalue weighted by molar-refractivity contribution is -0.133. The summed E-state index contributed by atoms with van der Waals surface area (Å²) in [6.07, 6.45) is 3.34. The quantitative estimate of drug-likeness (QED) is 0.907. The summed E-state index contributed by atoms with van der Waals surface area (Å²) < 4.78 is 5.70. The summed E-state index contributed by atoms with van der Waals surface area (Å²) in [4.78, 5) is 14.2. The van der Waals surface area contributed by atoms with Gasteiger partial charge in [-0.25, -0.2) is 0 Å². The maximum atomic E-state index is 12.3. The molecule has 4 heteroatoms. The zero-order valence-corrected chi connectivity index (χ0v) is 13.0. The number of likely N-dealkylation sites (N-methyl/N-ethyl adjacent to an activating group) is 1. The van der Waals surface area contributed by atoms with Crippen molar-refractivity contribution in [2.45, 2.75) is 51.6 Å². The molecule has 0 bridgehead atoms. The van der Waals surface area contributed by atoms with Gasteiger partial charge in [-0.2, -0.15) is 0 Å². The van der Waals surface area contributed by atoms with Gasteiger partial charge < -0.3 is 15.4 Å². The van der Waals surface area contributed by atoms with Gasteiger partial charge in [0.05, 0.1) is 12.6 Å². The number of carbonyl (C=O) groups excluding carboxylic acids is 1. The number of carbonyl (C=O) groups is 1. The van der Waals surface area contributed by atoms with Gasteiger partial charge in [-0.05, 0) is 43.9 Å². The third-order valence-electron chi connectivity index (χ3n) is 4.00. The average molecular weight is 290 g/mol. The highest BCUT2D eigenvalue weighted by Gasteiger charge is 2.31. The van der Waals surface area contributed by atoms with Crippen molar-refractivity contribution in [1.82, 2.24) is 4.90 Å². The van der Waals surface area contributed by atoms with Crippen molar-refractivity contribution >= 4 is 5.91 Å². The summed E-state index contributed by atoms with van der Waals surface area (Å²) in [5.41, 5.74) is 7.43. The molecule has 1 fully saturated rings. The zero-order chi connectivity index (χ0) is 15.2. The first-order valence-electron chi connectivity index (χ1n) is 7.95. The fraction of sp³-hybridized carbons (Fsp3) is 0.588. The van der Waals surface area contributed by atoms with E-state index in [0.29, 0.717) is 19.6 Å². The van der Waals surface area contributed by atoms with Crippen LogP contribution < -0.4 is 10.5 Å². The van der Waals surface area contributed by atoms with Crippen molar-refractivity contribution in [2.24, 2.45) is 5.73 Å². The Bertz CT molecular complexity index is 476. The van der Waals surface area contributed by atoms with Crippen molar-refractivity contribution in [3.8, 4) is 5.75 Å². The van der Waals surface area contributed by atoms with Crippen LogP contribution in [0.5, 0.6) is 5.75 Å². The van der Waals surface area contributed by atoms with Gasteiger partial charge in [0, 0.05) is 19.0 Å². The number of ether oxygens (including phenoxy) is 1. The SMILES string of the molecule is CCCOc1cccc(C2C(N)CCCC(=O)N2CC)c1. The van der Waals surface area contributed by atoms with Gasteiger partial charge in [0.25, 0.3) is 0 Å². The van der Waals surface area contributed by atoms with Crippen LogP contribution >= 0.6 is 0 Å². The molecule has 0 spiro atoms. The molecule has 0 aliphatic carbocycles. The maximum Gasteiger partial charge on any atom is 0.223 e. The number of hydrogen-bond acceptors (Lipinski definition) is 3. The Hall–Kier alpha value is -1.55. The zero-order valence-electron chi connectivity index (χ0n) is 13.0. The molecule has 0 radical (unpaired) electrons. The van der Waals surface area contributed by atoms with Crippen LogP contribution in [0.2, 0.25) is 0 Å². The third kappa shape index (κ3) is 3.76. The van der Waals surface area contributed by atoms with Crippen LogP contribution in [0.1, 0.15) is 51.1 Å². The number of benzene rings is 1. The van der Waals surface area contributed by atoms with Crippen molar-refractivity contribution in [3.05, 3.63) is 29.8 Å². The fourth-order valence-corrected chi connectivity index (χ4v) is 2.99. The molecule has 116 valence electrons. The molecule has 1 heterocycles. The Kier molecular flexibility index (Phi) is 5.62. The second kappa shape index (κ2) is 7.46. The predicted octanol–water partition coefficient (Wildman–Crippen LogP) is 2.88. The molecule has 1 aliphatic heterocycles. The largest absolute Gasteiger partial charge is 0.494 e. The molecule has 21 heavy (non-hydrogen) atoms. The number of rotatable bonds is 5. The van der Waals surface area contributed by atoms with E-state index in [1.807, 2.05) is 36.1 Å². The van der Waals surface area contributed by atoms with Crippen molar-refractivity contribution < 1.29 is 9.53 Å². The molecular formula is C17H26N2O2. The van der Waals surface area contributed by atoms with Gasteiger partial charge in [0.15, 0.2) is 0 Å². The Morgan fingerprint density at radius 2 is 2.19 bits per heavy atom. The van der Waals surface area contributed by atoms with E-state index in [-0.39, 0.29) is 18.0 Å². The molecular weight excluding hydrogens is 264 g/mol. The number of likely N-dealkylation sites (tertiary alicyclic amines) is 1. The highest BCUT2D eigenvalue weighted by atomic mass is 16.5. The summed E-state index contributed by atoms with van der Waals surface area (Å²) >= 11 is 0. The first-order valence-corrected chi connectivity index (χ1v) is 7.95. The summed E-state index contributed by atoms with van der Waals surface area (Å²) in [6, 6.07) is 7.95. The molecule has 2 unspecified atom stereocenters. The minimum Gasteiger partial charge on any atom is -0.494 e. The molecule has 1 aliphatic rings. The first kappa shape index (κ1) is 15.8. The van der Waals surface area contributed by atoms with Crippen LogP contribution in [0.4, 0.5) is 0 Å². The van der Waals surface area contributed by atoms with Gasteiger partial charge in [0.2, 0.25) is 5.91 Å². The van der Waals surface area contributed by atoms with E-state index in [4.69, 9.17) is 10.5 Å². The molecule has 2 N–H and O–H groups in total. The Morgan fingerprint density at radius 1 is 1.38 bits per heavy atom. The molecule has 1 amide bonds. The lowest BCUT2D eigenvalue weighted by Crippen LogP contribution is -2.42. The van der Waals surface area contributed by atoms with Crippen molar-refractivity contribution in [1.29, 1.82) is 0 Å². The third-order valence-corrected chi connectivity index (χ3v) is 4.00. The van der Waals surface area contributed by atoms with E-state index >= 15 is 0 Å². The summed E-state index contributed by atoms with van der Waals surface area (Å²) in [5, 5.41) is 0. The van der Waals surface area contributed by atoms with Gasteiger partial charge in [-0.1, -0.05) is 19.1 Å². The molecule has 2 rings (SSSR count). The molecule has 1 aromatic rings. The van der Waals surface area contributed by atoms with Crippen molar-refractivity contribution in [2.75, 3.05) is 13.2 Å². The Labute approximate surface area is 127 Å². The van der Waals surface area contributed by atoms with Gasteiger partial charge in [-0.15, -0.1) is 0 Å². The number of amides is 1. The first-order chi connectivity index (χ1) is 10.2. The van der Waals surface area contributed by atoms with E-state index < -0.39 is 0 Å². The molecule has 0 aromatic heterocycles. The monoisotopic (exact) mass is 290 g/mol. The summed E-state index contributed by atoms with van der Waals surface area (Å²) in [5.74, 6) is 1.06. The number of nitrogens with two attached hydrogens (primary N) is 1. The van der Waals surface area contributed by atoms with E-state index in [0.717, 1.165) is 30.6 Å². The van der Waals surface area contributed by atoms with Crippen LogP contribution in [0.15, 0.2) is 24.3 Å². The van der Waals surface area contributed by atoms with E-state index in [1.54, 1.807) is 0 Å². The lowest BCUT2D eigenvalue weighted by Gasteiger charge is -2.33. The van der Waals surface area contributed by atoms with E-state index in [1.165, 1.54) is 0 Å². The van der Waals surface area contributed by atoms with Crippen LogP contribution in [0.25, 0.3) is 0 Å². The van der Waals surface area contributed by atoms with Crippen LogP contribution in [-0.4, -0.2) is 30.0 Å². The maximum absolute atomic E-state index is 12.3. The lowest BCUT2D eigenvalue weighted by atomic mass is 9.96. The minimum atomic E-state index is -0.0461. The molecule has 2 atom stereocenters. The summed E-state index contributed by atoms with van der Waals surface area (Å²) in [7, 11) is 0. The summed E-state index contributed by atoms with van der Waals surface area (Å²) in [6.45, 7) is 5.50. The normalized spacial score (nSPS) is 23.0. The number of nitrogens with zero attached hydrogens (tertiary/aromatic N) is 1. The van der Waals surface area contributed by atoms with E-state index in [2.05, 4.69) is 6.92 Å². The van der Waals surface area contributed by atoms with Crippen LogP contribution in [0, 0.1) is 0 Å². The molecule has 1 aromatic carbocycles. The van der Waals surface area contributed by atoms with Gasteiger partial charge in [0.1, 0.15) is 5.75 Å². The molecule has 1 saturated heterocycles. The van der Waals surface area contributed by atoms with Gasteiger partial charge in [-0.3, -0.25) is 4.79 Å². The second-order valence-electron chi connectivity index (χ2n) is 5.60. The predicted molar refractivity (Wildman–Crippen MR) is 84.2 cm³/mol. The van der Waals surface area contributed by atoms with Crippen molar-refractivity contribution in [3.63, 3.8) is 0 Å². The van der Waals surface area contributed by atoms with Gasteiger partial charge >= 0.3 is 0 Å². The highest BCUT2D eigenvalue weighted by molar-refractivity contribution is 5.77. The standard InChI is InChI=1S/C17H26N2O2/c1-3-11-21-14-8-5-7-13(12-14)17-15(18)9-6-10-16(20)19(17)4-2/h5,7-8,12,15,17H,3-4,6,9-11,18H2,1-2H3. The van der Waals surface area contributed by atoms with Crippen LogP contribution in [0.3, 0.4) is 0 Å². The second-order valence-corrected chi connectivity index (χ2v) is 5.60.